The molecule has 0 amide bonds. The van der Waals surface area contributed by atoms with Crippen molar-refractivity contribution >= 4 is 57.1 Å². The van der Waals surface area contributed by atoms with Gasteiger partial charge in [-0.25, -0.2) is 0 Å². The summed E-state index contributed by atoms with van der Waals surface area (Å²) in [4.78, 5) is 0. The first-order valence-electron chi connectivity index (χ1n) is 15.0. The van der Waals surface area contributed by atoms with E-state index in [4.69, 9.17) is 14.0 Å². The van der Waals surface area contributed by atoms with E-state index in [-0.39, 0.29) is 4.57 Å². The molecule has 1 aliphatic rings. The van der Waals surface area contributed by atoms with Crippen molar-refractivity contribution in [3.05, 3.63) is 157 Å². The van der Waals surface area contributed by atoms with Gasteiger partial charge in [-0.2, -0.15) is 0 Å². The van der Waals surface area contributed by atoms with Gasteiger partial charge in [-0.05, 0) is 82.2 Å². The van der Waals surface area contributed by atoms with Gasteiger partial charge < -0.3 is 14.0 Å². The molecule has 1 heterocycles. The minimum atomic E-state index is -3.66. The molecule has 0 fully saturated rings. The quantitative estimate of drug-likeness (QED) is 0.118. The summed E-state index contributed by atoms with van der Waals surface area (Å²) in [7, 11) is -2.81. The Kier molecular flexibility index (Phi) is 8.34. The van der Waals surface area contributed by atoms with Gasteiger partial charge in [0.2, 0.25) is 0 Å². The molecule has 0 saturated heterocycles. The van der Waals surface area contributed by atoms with E-state index < -0.39 is 14.6 Å². The highest BCUT2D eigenvalue weighted by Crippen LogP contribution is 2.70. The maximum atomic E-state index is 15.2. The molecular weight excluding hydrogens is 674 g/mol. The van der Waals surface area contributed by atoms with E-state index in [1.165, 1.54) is 15.9 Å². The van der Waals surface area contributed by atoms with Crippen molar-refractivity contribution < 1.29 is 18.6 Å². The topological polar surface area (TPSA) is 44.8 Å². The van der Waals surface area contributed by atoms with Crippen LogP contribution >= 0.6 is 30.6 Å². The Hall–Kier alpha value is -4.14. The van der Waals surface area contributed by atoms with Crippen molar-refractivity contribution in [2.75, 3.05) is 14.2 Å². The number of para-hydroxylation sites is 1. The predicted molar refractivity (Wildman–Crippen MR) is 196 cm³/mol. The van der Waals surface area contributed by atoms with Crippen LogP contribution in [0.2, 0.25) is 0 Å². The van der Waals surface area contributed by atoms with Crippen molar-refractivity contribution in [2.24, 2.45) is 0 Å². The van der Waals surface area contributed by atoms with Crippen molar-refractivity contribution in [3.8, 4) is 28.4 Å². The average Bonchev–Trinajstić information content (AvgIpc) is 3.13. The Morgan fingerprint density at radius 1 is 0.587 bits per heavy atom. The fourth-order valence-electron chi connectivity index (χ4n) is 6.45. The molecule has 228 valence electrons. The van der Waals surface area contributed by atoms with Crippen molar-refractivity contribution in [2.45, 2.75) is 4.57 Å². The summed E-state index contributed by atoms with van der Waals surface area (Å²) in [5, 5.41) is 4.74. The second-order valence-corrected chi connectivity index (χ2v) is 18.4. The van der Waals surface area contributed by atoms with E-state index in [2.05, 4.69) is 88.7 Å². The molecule has 6 aromatic carbocycles. The first kappa shape index (κ1) is 30.5. The van der Waals surface area contributed by atoms with E-state index in [1.54, 1.807) is 14.2 Å². The lowest BCUT2D eigenvalue weighted by Crippen LogP contribution is -2.34. The van der Waals surface area contributed by atoms with Crippen LogP contribution in [-0.2, 0) is 4.57 Å². The molecule has 46 heavy (non-hydrogen) atoms. The molecule has 1 aliphatic heterocycles. The summed E-state index contributed by atoms with van der Waals surface area (Å²) in [5.41, 5.74) is 2.69. The first-order valence-corrected chi connectivity index (χ1v) is 19.4. The van der Waals surface area contributed by atoms with Gasteiger partial charge in [0, 0.05) is 11.1 Å². The summed E-state index contributed by atoms with van der Waals surface area (Å²) in [6.45, 7) is 0. The number of fused-ring (bicyclic) bond motifs is 3. The molecular formula is C39H32BrO4P2+. The van der Waals surface area contributed by atoms with E-state index in [1.807, 2.05) is 78.9 Å². The van der Waals surface area contributed by atoms with Gasteiger partial charge in [-0.1, -0.05) is 91.0 Å². The SMILES string of the molecule is COc1cc(P2(=O)Oc3ccccc3-c3ccccc32)c(OC)cc1C(Br)[P+](c1ccccc1)(c1ccccc1)c1ccccc1. The highest BCUT2D eigenvalue weighted by molar-refractivity contribution is 9.10. The molecule has 0 saturated carbocycles. The van der Waals surface area contributed by atoms with E-state index in [9.17, 15) is 0 Å². The van der Waals surface area contributed by atoms with E-state index in [0.29, 0.717) is 27.9 Å². The minimum Gasteiger partial charge on any atom is -0.496 e. The number of benzene rings is 6. The molecule has 7 rings (SSSR count). The van der Waals surface area contributed by atoms with E-state index in [0.717, 1.165) is 16.7 Å². The fourth-order valence-corrected chi connectivity index (χ4v) is 15.6. The molecule has 6 aromatic rings. The molecule has 0 aromatic heterocycles. The molecule has 0 radical (unpaired) electrons. The van der Waals surface area contributed by atoms with Crippen LogP contribution in [0.3, 0.4) is 0 Å². The molecule has 0 spiro atoms. The standard InChI is InChI=1S/C39H32BrO4P2/c1-42-35-27-38(46(41)37-25-15-13-23-32(37)31-22-12-14-24-34(31)44-46)36(43-2)26-33(35)39(40)45(28-16-6-3-7-17-28,29-18-8-4-9-19-29)30-20-10-5-11-21-30/h3-27,39H,1-2H3/q+1. The lowest BCUT2D eigenvalue weighted by atomic mass is 10.0. The lowest BCUT2D eigenvalue weighted by molar-refractivity contribution is 0.401. The number of rotatable bonds is 8. The summed E-state index contributed by atoms with van der Waals surface area (Å²) in [6, 6.07) is 51.3. The Labute approximate surface area is 278 Å². The summed E-state index contributed by atoms with van der Waals surface area (Å²) < 4.78 is 33.7. The van der Waals surface area contributed by atoms with E-state index >= 15 is 4.57 Å². The third-order valence-electron chi connectivity index (χ3n) is 8.56. The van der Waals surface area contributed by atoms with Gasteiger partial charge in [0.25, 0.3) is 0 Å². The average molecular weight is 707 g/mol. The highest BCUT2D eigenvalue weighted by atomic mass is 79.9. The molecule has 0 aliphatic carbocycles. The smallest absolute Gasteiger partial charge is 0.311 e. The second kappa shape index (κ2) is 12.6. The fraction of sp³-hybridized carbons (Fsp3) is 0.0769. The van der Waals surface area contributed by atoms with Crippen LogP contribution in [0.4, 0.5) is 0 Å². The molecule has 0 bridgehead atoms. The molecule has 0 N–H and O–H groups in total. The van der Waals surface area contributed by atoms with Crippen LogP contribution in [0.5, 0.6) is 17.2 Å². The van der Waals surface area contributed by atoms with Crippen LogP contribution < -0.4 is 40.5 Å². The van der Waals surface area contributed by atoms with Gasteiger partial charge >= 0.3 is 7.37 Å². The third kappa shape index (κ3) is 4.90. The van der Waals surface area contributed by atoms with Crippen LogP contribution in [0.1, 0.15) is 10.1 Å². The van der Waals surface area contributed by atoms with Crippen molar-refractivity contribution in [1.29, 1.82) is 0 Å². The first-order chi connectivity index (χ1) is 22.5. The zero-order valence-corrected chi connectivity index (χ0v) is 28.8. The van der Waals surface area contributed by atoms with Gasteiger partial charge in [-0.3, -0.25) is 4.57 Å². The predicted octanol–water partition coefficient (Wildman–Crippen LogP) is 8.38. The lowest BCUT2D eigenvalue weighted by Gasteiger charge is -2.33. The molecule has 2 unspecified atom stereocenters. The van der Waals surface area contributed by atoms with Gasteiger partial charge in [0.1, 0.15) is 40.4 Å². The Bertz CT molecular complexity index is 1960. The second-order valence-electron chi connectivity index (χ2n) is 11.0. The zero-order valence-electron chi connectivity index (χ0n) is 25.4. The summed E-state index contributed by atoms with van der Waals surface area (Å²) in [6.07, 6.45) is 0. The van der Waals surface area contributed by atoms with Gasteiger partial charge in [0.15, 0.2) is 4.57 Å². The number of ether oxygens (including phenoxy) is 2. The van der Waals surface area contributed by atoms with Crippen LogP contribution in [0.25, 0.3) is 11.1 Å². The van der Waals surface area contributed by atoms with Crippen LogP contribution in [0.15, 0.2) is 152 Å². The number of hydrogen-bond acceptors (Lipinski definition) is 4. The van der Waals surface area contributed by atoms with Gasteiger partial charge in [-0.15, -0.1) is 0 Å². The monoisotopic (exact) mass is 705 g/mol. The maximum absolute atomic E-state index is 15.2. The maximum Gasteiger partial charge on any atom is 0.311 e. The summed E-state index contributed by atoms with van der Waals surface area (Å²) >= 11 is 4.27. The largest absolute Gasteiger partial charge is 0.496 e. The van der Waals surface area contributed by atoms with Crippen LogP contribution in [-0.4, -0.2) is 14.2 Å². The Balaban J connectivity index is 1.48. The summed E-state index contributed by atoms with van der Waals surface area (Å²) in [5.74, 6) is 1.65. The minimum absolute atomic E-state index is 0.230. The van der Waals surface area contributed by atoms with Crippen LogP contribution in [0, 0.1) is 0 Å². The molecule has 7 heteroatoms. The van der Waals surface area contributed by atoms with Gasteiger partial charge in [0.05, 0.1) is 24.8 Å². The van der Waals surface area contributed by atoms with Crippen molar-refractivity contribution in [3.63, 3.8) is 0 Å². The number of methoxy groups -OCH3 is 2. The number of hydrogen-bond donors (Lipinski definition) is 0. The highest BCUT2D eigenvalue weighted by Gasteiger charge is 2.53. The number of alkyl halides is 1. The number of halogens is 1. The normalized spacial score (nSPS) is 16.0. The third-order valence-corrected chi connectivity index (χ3v) is 17.7. The molecule has 4 nitrogen and oxygen atoms in total. The zero-order chi connectivity index (χ0) is 31.7. The molecule has 2 atom stereocenters. The Morgan fingerprint density at radius 2 is 1.07 bits per heavy atom. The van der Waals surface area contributed by atoms with Crippen molar-refractivity contribution in [1.82, 2.24) is 0 Å². The Morgan fingerprint density at radius 3 is 1.61 bits per heavy atom.